The smallest absolute Gasteiger partial charge is 0.239 e. The summed E-state index contributed by atoms with van der Waals surface area (Å²) in [5.41, 5.74) is 1.62. The van der Waals surface area contributed by atoms with Gasteiger partial charge in [-0.1, -0.05) is 0 Å². The molecule has 1 amide bonds. The third-order valence-electron chi connectivity index (χ3n) is 7.87. The molecule has 0 unspecified atom stereocenters. The Hall–Kier alpha value is -2.32. The molecule has 1 aliphatic heterocycles. The molecule has 1 aromatic carbocycles. The van der Waals surface area contributed by atoms with E-state index in [1.54, 1.807) is 6.20 Å². The molecule has 3 aromatic rings. The fourth-order valence-electron chi connectivity index (χ4n) is 4.71. The largest absolute Gasteiger partial charge is 0.441 e. The first-order chi connectivity index (χ1) is 15.6. The molecular formula is C18H27B8N5O3. The fraction of sp³-hybridized carbons (Fsp3) is 0.333. The van der Waals surface area contributed by atoms with Gasteiger partial charge in [0.15, 0.2) is 17.5 Å². The van der Waals surface area contributed by atoms with Gasteiger partial charge in [-0.3, -0.25) is 4.79 Å². The van der Waals surface area contributed by atoms with Gasteiger partial charge in [0.05, 0.1) is 18.3 Å². The van der Waals surface area contributed by atoms with Crippen molar-refractivity contribution in [2.75, 3.05) is 11.9 Å². The summed E-state index contributed by atoms with van der Waals surface area (Å²) in [6, 6.07) is 7.58. The van der Waals surface area contributed by atoms with Crippen molar-refractivity contribution in [3.8, 4) is 11.3 Å². The quantitative estimate of drug-likeness (QED) is 0.397. The van der Waals surface area contributed by atoms with E-state index in [0.717, 1.165) is 16.5 Å². The van der Waals surface area contributed by atoms with E-state index in [2.05, 4.69) is 88.2 Å². The van der Waals surface area contributed by atoms with Crippen LogP contribution in [0.5, 0.6) is 0 Å². The molecule has 166 valence electrons. The van der Waals surface area contributed by atoms with E-state index in [9.17, 15) is 4.79 Å². The molecule has 0 radical (unpaired) electrons. The number of aromatic nitrogens is 3. The van der Waals surface area contributed by atoms with Crippen LogP contribution in [0.1, 0.15) is 5.89 Å². The Kier molecular flexibility index (Phi) is 5.92. The van der Waals surface area contributed by atoms with Gasteiger partial charge in [-0.2, -0.15) is 0 Å². The van der Waals surface area contributed by atoms with Crippen molar-refractivity contribution in [2.45, 2.75) is 28.4 Å². The van der Waals surface area contributed by atoms with Gasteiger partial charge in [0.25, 0.3) is 0 Å². The first kappa shape index (κ1) is 24.8. The number of hydrogen-bond donors (Lipinski definition) is 1. The maximum atomic E-state index is 13.2. The third-order valence-corrected chi connectivity index (χ3v) is 7.87. The van der Waals surface area contributed by atoms with Crippen molar-refractivity contribution in [2.24, 2.45) is 0 Å². The van der Waals surface area contributed by atoms with Gasteiger partial charge >= 0.3 is 0 Å². The number of ether oxygens (including phenoxy) is 1. The molecule has 0 spiro atoms. The third kappa shape index (κ3) is 4.15. The second-order valence-corrected chi connectivity index (χ2v) is 11.1. The summed E-state index contributed by atoms with van der Waals surface area (Å²) in [5, 5.41) is 10.6. The van der Waals surface area contributed by atoms with Crippen molar-refractivity contribution in [3.05, 3.63) is 36.4 Å². The lowest BCUT2D eigenvalue weighted by molar-refractivity contribution is -0.131. The molecule has 16 heteroatoms. The number of morpholine rings is 1. The Bertz CT molecular complexity index is 1240. The van der Waals surface area contributed by atoms with Crippen LogP contribution < -0.4 is 5.32 Å². The maximum Gasteiger partial charge on any atom is 0.239 e. The minimum Gasteiger partial charge on any atom is -0.441 e. The highest BCUT2D eigenvalue weighted by Gasteiger charge is 2.58. The number of aryl methyl sites for hydroxylation is 1. The highest BCUT2D eigenvalue weighted by atomic mass is 16.5. The molecule has 1 aliphatic rings. The molecule has 8 nitrogen and oxygen atoms in total. The number of hydrogen-bond acceptors (Lipinski definition) is 7. The van der Waals surface area contributed by atoms with Crippen molar-refractivity contribution >= 4 is 85.4 Å². The Morgan fingerprint density at radius 1 is 1.00 bits per heavy atom. The van der Waals surface area contributed by atoms with Crippen molar-refractivity contribution < 1.29 is 13.9 Å². The van der Waals surface area contributed by atoms with Crippen LogP contribution in [0.2, 0.25) is 0 Å². The zero-order valence-corrected chi connectivity index (χ0v) is 21.6. The number of benzene rings is 1. The Labute approximate surface area is 207 Å². The van der Waals surface area contributed by atoms with Crippen molar-refractivity contribution in [3.63, 3.8) is 0 Å². The maximum absolute atomic E-state index is 13.2. The van der Waals surface area contributed by atoms with E-state index in [1.807, 2.05) is 31.2 Å². The molecule has 1 saturated heterocycles. The van der Waals surface area contributed by atoms with Crippen LogP contribution in [0.25, 0.3) is 22.2 Å². The first-order valence-electron chi connectivity index (χ1n) is 11.6. The molecule has 1 N–H and O–H groups in total. The number of rotatable bonds is 4. The molecule has 0 atom stereocenters. The van der Waals surface area contributed by atoms with Crippen LogP contribution >= 0.6 is 0 Å². The molecule has 0 saturated carbocycles. The van der Waals surface area contributed by atoms with Gasteiger partial charge in [-0.05, 0) is 34.9 Å². The average molecular weight is 448 g/mol. The summed E-state index contributed by atoms with van der Waals surface area (Å²) >= 11 is 0. The van der Waals surface area contributed by atoms with E-state index < -0.39 is 10.8 Å². The van der Waals surface area contributed by atoms with Gasteiger partial charge < -0.3 is 19.4 Å². The predicted octanol–water partition coefficient (Wildman–Crippen LogP) is -6.46. The zero-order valence-electron chi connectivity index (χ0n) is 21.6. The summed E-state index contributed by atoms with van der Waals surface area (Å²) in [6.45, 7) is 2.01. The van der Waals surface area contributed by atoms with Gasteiger partial charge in [0, 0.05) is 28.7 Å². The summed E-state index contributed by atoms with van der Waals surface area (Å²) in [6.07, 6.45) is 1.70. The number of nitrogens with zero attached hydrogens (tertiary/aromatic N) is 4. The summed E-state index contributed by atoms with van der Waals surface area (Å²) in [7, 11) is 16.8. The minimum atomic E-state index is -0.454. The number of amides is 1. The van der Waals surface area contributed by atoms with E-state index in [0.29, 0.717) is 17.5 Å². The van der Waals surface area contributed by atoms with Gasteiger partial charge in [-0.15, -0.1) is 10.2 Å². The molecule has 3 heterocycles. The minimum absolute atomic E-state index is 0.148. The van der Waals surface area contributed by atoms with Gasteiger partial charge in [0.1, 0.15) is 62.8 Å². The van der Waals surface area contributed by atoms with Crippen LogP contribution in [-0.2, 0) is 9.53 Å². The first-order valence-corrected chi connectivity index (χ1v) is 11.6. The highest BCUT2D eigenvalue weighted by Crippen LogP contribution is 2.39. The second-order valence-electron chi connectivity index (χ2n) is 11.1. The van der Waals surface area contributed by atoms with E-state index >= 15 is 0 Å². The molecule has 4 rings (SSSR count). The van der Waals surface area contributed by atoms with E-state index in [4.69, 9.17) is 9.15 Å². The molecule has 1 fully saturated rings. The van der Waals surface area contributed by atoms with Crippen molar-refractivity contribution in [1.29, 1.82) is 0 Å². The second kappa shape index (κ2) is 8.12. The normalized spacial score (nSPS) is 20.6. The van der Waals surface area contributed by atoms with E-state index in [-0.39, 0.29) is 23.1 Å². The van der Waals surface area contributed by atoms with Crippen LogP contribution in [-0.4, -0.2) is 117 Å². The number of fused-ring (bicyclic) bond motifs is 1. The SMILES string of the molecule is BC1(B)OC(B)(B)C(B)(B)N(CC(=O)Nc2cc3cc(-c4cnc(C)o4)ccc3nn2)C1(B)B. The molecule has 34 heavy (non-hydrogen) atoms. The lowest BCUT2D eigenvalue weighted by Crippen LogP contribution is -2.86. The van der Waals surface area contributed by atoms with E-state index in [1.165, 1.54) is 0 Å². The van der Waals surface area contributed by atoms with Crippen LogP contribution in [0.15, 0.2) is 34.9 Å². The summed E-state index contributed by atoms with van der Waals surface area (Å²) in [4.78, 5) is 19.6. The van der Waals surface area contributed by atoms with Crippen molar-refractivity contribution in [1.82, 2.24) is 20.1 Å². The van der Waals surface area contributed by atoms with Crippen LogP contribution in [0.4, 0.5) is 5.82 Å². The van der Waals surface area contributed by atoms with Gasteiger partial charge in [-0.25, -0.2) is 4.98 Å². The Morgan fingerprint density at radius 3 is 2.24 bits per heavy atom. The number of anilines is 1. The molecule has 0 bridgehead atoms. The molecule has 2 aromatic heterocycles. The lowest BCUT2D eigenvalue weighted by atomic mass is 9.30. The molecule has 0 aliphatic carbocycles. The van der Waals surface area contributed by atoms with Crippen LogP contribution in [0, 0.1) is 6.92 Å². The predicted molar refractivity (Wildman–Crippen MR) is 155 cm³/mol. The van der Waals surface area contributed by atoms with Gasteiger partial charge in [0.2, 0.25) is 5.91 Å². The average Bonchev–Trinajstić information content (AvgIpc) is 3.16. The fourth-order valence-corrected chi connectivity index (χ4v) is 4.71. The topological polar surface area (TPSA) is 93.4 Å². The number of nitrogens with one attached hydrogen (secondary N) is 1. The number of carbonyl (C=O) groups is 1. The molecular weight excluding hydrogens is 421 g/mol. The number of oxazole rings is 1. The summed E-state index contributed by atoms with van der Waals surface area (Å²) in [5.74, 6) is 1.55. The van der Waals surface area contributed by atoms with Crippen LogP contribution in [0.3, 0.4) is 0 Å². The Morgan fingerprint density at radius 2 is 1.65 bits per heavy atom. The summed E-state index contributed by atoms with van der Waals surface area (Å²) < 4.78 is 12.1. The number of carbonyl (C=O) groups excluding carboxylic acids is 1. The zero-order chi connectivity index (χ0) is 25.1. The monoisotopic (exact) mass is 449 g/mol. The Balaban J connectivity index is 1.58. The standard InChI is InChI=1S/C18H27B8N5O3/c1-8-27-6-12(33-8)9-2-3-11-10(4-9)5-13(30-29-11)28-14(32)7-31-15(19,20)17(23,24)34-18(25,26)16(31,21)22/h2-6H,7,19-26H2,1H3,(H,28,30,32). The highest BCUT2D eigenvalue weighted by molar-refractivity contribution is 6.59. The lowest BCUT2D eigenvalue weighted by Gasteiger charge is -2.68.